The molecule has 0 saturated carbocycles. The average Bonchev–Trinajstić information content (AvgIpc) is 2.12. The second-order valence-electron chi connectivity index (χ2n) is 3.55. The first-order valence-corrected chi connectivity index (χ1v) is 4.70. The van der Waals surface area contributed by atoms with Crippen LogP contribution in [-0.4, -0.2) is 16.1 Å². The highest BCUT2D eigenvalue weighted by atomic mass is 19.4. The van der Waals surface area contributed by atoms with E-state index in [1.54, 1.807) is 0 Å². The molecule has 1 aromatic rings. The molecular formula is C10H8F5NO2. The lowest BCUT2D eigenvalue weighted by atomic mass is 10.0. The molecule has 0 aliphatic carbocycles. The van der Waals surface area contributed by atoms with Gasteiger partial charge in [0.1, 0.15) is 5.69 Å². The smallest absolute Gasteiger partial charge is 0.418 e. The Morgan fingerprint density at radius 2 is 2.00 bits per heavy atom. The van der Waals surface area contributed by atoms with E-state index in [9.17, 15) is 26.7 Å². The Morgan fingerprint density at radius 3 is 2.39 bits per heavy atom. The minimum atomic E-state index is -5.07. The van der Waals surface area contributed by atoms with Crippen LogP contribution in [0.4, 0.5) is 22.0 Å². The number of carbonyl (C=O) groups is 1. The lowest BCUT2D eigenvalue weighted by Gasteiger charge is -2.16. The summed E-state index contributed by atoms with van der Waals surface area (Å²) in [5.74, 6) is -1.54. The maximum atomic E-state index is 12.7. The van der Waals surface area contributed by atoms with Crippen molar-refractivity contribution in [3.8, 4) is 0 Å². The predicted octanol–water partition coefficient (Wildman–Crippen LogP) is 2.97. The lowest BCUT2D eigenvalue weighted by Crippen LogP contribution is -2.17. The zero-order valence-corrected chi connectivity index (χ0v) is 9.05. The molecule has 0 amide bonds. The van der Waals surface area contributed by atoms with E-state index in [4.69, 9.17) is 5.11 Å². The van der Waals surface area contributed by atoms with E-state index in [2.05, 4.69) is 4.98 Å². The van der Waals surface area contributed by atoms with Gasteiger partial charge in [0, 0.05) is 5.69 Å². The van der Waals surface area contributed by atoms with E-state index in [1.165, 1.54) is 6.92 Å². The topological polar surface area (TPSA) is 50.2 Å². The number of pyridine rings is 1. The van der Waals surface area contributed by atoms with Gasteiger partial charge in [-0.25, -0.2) is 8.78 Å². The van der Waals surface area contributed by atoms with Gasteiger partial charge in [0.25, 0.3) is 6.43 Å². The molecule has 0 radical (unpaired) electrons. The molecule has 0 saturated heterocycles. The van der Waals surface area contributed by atoms with E-state index in [0.29, 0.717) is 0 Å². The van der Waals surface area contributed by atoms with Crippen molar-refractivity contribution < 1.29 is 31.9 Å². The molecule has 3 nitrogen and oxygen atoms in total. The van der Waals surface area contributed by atoms with Gasteiger partial charge in [0.15, 0.2) is 0 Å². The monoisotopic (exact) mass is 269 g/mol. The van der Waals surface area contributed by atoms with Crippen molar-refractivity contribution in [2.24, 2.45) is 0 Å². The van der Waals surface area contributed by atoms with Gasteiger partial charge in [-0.15, -0.1) is 0 Å². The van der Waals surface area contributed by atoms with Gasteiger partial charge >= 0.3 is 12.1 Å². The molecule has 8 heteroatoms. The van der Waals surface area contributed by atoms with Gasteiger partial charge in [-0.2, -0.15) is 13.2 Å². The molecule has 0 fully saturated rings. The fourth-order valence-corrected chi connectivity index (χ4v) is 1.55. The molecule has 1 rings (SSSR count). The van der Waals surface area contributed by atoms with E-state index in [1.807, 2.05) is 0 Å². The number of halogens is 5. The summed E-state index contributed by atoms with van der Waals surface area (Å²) >= 11 is 0. The molecular weight excluding hydrogens is 261 g/mol. The third kappa shape index (κ3) is 3.14. The molecule has 1 aromatic heterocycles. The molecule has 0 spiro atoms. The third-order valence-corrected chi connectivity index (χ3v) is 2.09. The van der Waals surface area contributed by atoms with Crippen LogP contribution in [0.2, 0.25) is 0 Å². The molecule has 0 aliphatic rings. The largest absolute Gasteiger partial charge is 0.481 e. The Labute approximate surface area is 98.3 Å². The van der Waals surface area contributed by atoms with E-state index < -0.39 is 41.8 Å². The Balaban J connectivity index is 3.53. The van der Waals surface area contributed by atoms with Crippen molar-refractivity contribution in [1.82, 2.24) is 4.98 Å². The Bertz CT molecular complexity index is 470. The molecule has 1 N–H and O–H groups in total. The van der Waals surface area contributed by atoms with E-state index >= 15 is 0 Å². The minimum absolute atomic E-state index is 0.0884. The molecule has 0 atom stereocenters. The van der Waals surface area contributed by atoms with Crippen molar-refractivity contribution >= 4 is 5.97 Å². The highest BCUT2D eigenvalue weighted by Gasteiger charge is 2.39. The maximum Gasteiger partial charge on any atom is 0.418 e. The number of aliphatic carboxylic acids is 1. The van der Waals surface area contributed by atoms with Gasteiger partial charge in [-0.1, -0.05) is 0 Å². The van der Waals surface area contributed by atoms with Crippen molar-refractivity contribution in [2.45, 2.75) is 25.9 Å². The van der Waals surface area contributed by atoms with Crippen molar-refractivity contribution in [3.63, 3.8) is 0 Å². The van der Waals surface area contributed by atoms with Crippen molar-refractivity contribution in [3.05, 3.63) is 28.6 Å². The fourth-order valence-electron chi connectivity index (χ4n) is 1.55. The van der Waals surface area contributed by atoms with Crippen LogP contribution >= 0.6 is 0 Å². The molecule has 0 aliphatic heterocycles. The molecule has 18 heavy (non-hydrogen) atoms. The Morgan fingerprint density at radius 1 is 1.44 bits per heavy atom. The van der Waals surface area contributed by atoms with E-state index in [-0.39, 0.29) is 5.69 Å². The van der Waals surface area contributed by atoms with Gasteiger partial charge in [-0.05, 0) is 18.6 Å². The summed E-state index contributed by atoms with van der Waals surface area (Å²) in [4.78, 5) is 13.6. The number of nitrogens with zero attached hydrogens (tertiary/aromatic N) is 1. The molecule has 0 unspecified atom stereocenters. The first-order chi connectivity index (χ1) is 8.12. The van der Waals surface area contributed by atoms with Crippen LogP contribution < -0.4 is 0 Å². The van der Waals surface area contributed by atoms with Crippen molar-refractivity contribution in [1.29, 1.82) is 0 Å². The predicted molar refractivity (Wildman–Crippen MR) is 50.3 cm³/mol. The number of alkyl halides is 5. The zero-order chi connectivity index (χ0) is 14.1. The summed E-state index contributed by atoms with van der Waals surface area (Å²) < 4.78 is 63.1. The van der Waals surface area contributed by atoms with Crippen LogP contribution in [0.25, 0.3) is 0 Å². The van der Waals surface area contributed by atoms with Crippen LogP contribution in [0.1, 0.15) is 28.9 Å². The Hall–Kier alpha value is -1.73. The average molecular weight is 269 g/mol. The fraction of sp³-hybridized carbons (Fsp3) is 0.400. The molecule has 0 aromatic carbocycles. The second-order valence-corrected chi connectivity index (χ2v) is 3.55. The van der Waals surface area contributed by atoms with Gasteiger partial charge in [0.05, 0.1) is 12.0 Å². The number of rotatable bonds is 3. The summed E-state index contributed by atoms with van der Waals surface area (Å²) in [5.41, 5.74) is -3.89. The number of aryl methyl sites for hydroxylation is 1. The van der Waals surface area contributed by atoms with Crippen LogP contribution in [0, 0.1) is 6.92 Å². The summed E-state index contributed by atoms with van der Waals surface area (Å²) in [7, 11) is 0. The highest BCUT2D eigenvalue weighted by molar-refractivity contribution is 5.71. The second kappa shape index (κ2) is 4.87. The highest BCUT2D eigenvalue weighted by Crippen LogP contribution is 2.38. The number of hydrogen-bond acceptors (Lipinski definition) is 2. The van der Waals surface area contributed by atoms with Crippen LogP contribution in [0.3, 0.4) is 0 Å². The van der Waals surface area contributed by atoms with Crippen molar-refractivity contribution in [2.75, 3.05) is 0 Å². The number of carboxylic acid groups (broad SMARTS) is 1. The van der Waals surface area contributed by atoms with Crippen LogP contribution in [0.15, 0.2) is 6.07 Å². The van der Waals surface area contributed by atoms with Gasteiger partial charge < -0.3 is 5.11 Å². The van der Waals surface area contributed by atoms with Gasteiger partial charge in [0.2, 0.25) is 0 Å². The summed E-state index contributed by atoms with van der Waals surface area (Å²) in [6.45, 7) is 1.22. The lowest BCUT2D eigenvalue weighted by molar-refractivity contribution is -0.141. The number of aromatic nitrogens is 1. The quantitative estimate of drug-likeness (QED) is 0.858. The first-order valence-electron chi connectivity index (χ1n) is 4.70. The maximum absolute atomic E-state index is 12.7. The third-order valence-electron chi connectivity index (χ3n) is 2.09. The summed E-state index contributed by atoms with van der Waals surface area (Å²) in [6, 6.07) is 0.850. The van der Waals surface area contributed by atoms with Crippen LogP contribution in [0.5, 0.6) is 0 Å². The number of carboxylic acids is 1. The standard InChI is InChI=1S/C10H8F5NO2/c1-4-2-5(3-6(17)18)7(10(13,14)15)8(16-4)9(11)12/h2,9H,3H2,1H3,(H,17,18). The normalized spacial score (nSPS) is 11.9. The molecule has 100 valence electrons. The summed E-state index contributed by atoms with van der Waals surface area (Å²) in [6.07, 6.45) is -9.48. The Kier molecular flexibility index (Phi) is 3.88. The van der Waals surface area contributed by atoms with E-state index in [0.717, 1.165) is 6.07 Å². The molecule has 0 bridgehead atoms. The first kappa shape index (κ1) is 14.3. The number of hydrogen-bond donors (Lipinski definition) is 1. The zero-order valence-electron chi connectivity index (χ0n) is 9.05. The molecule has 1 heterocycles. The summed E-state index contributed by atoms with van der Waals surface area (Å²) in [5, 5.41) is 8.50. The van der Waals surface area contributed by atoms with Gasteiger partial charge in [-0.3, -0.25) is 9.78 Å². The van der Waals surface area contributed by atoms with Crippen LogP contribution in [-0.2, 0) is 17.4 Å². The SMILES string of the molecule is Cc1cc(CC(=O)O)c(C(F)(F)F)c(C(F)F)n1. The minimum Gasteiger partial charge on any atom is -0.481 e.